The molecule has 0 unspecified atom stereocenters. The minimum absolute atomic E-state index is 0.204. The van der Waals surface area contributed by atoms with Gasteiger partial charge in [-0.2, -0.15) is 18.3 Å². The standard InChI is InChI=1S/C20H14Cl2F3N3O/c21-17-7-3-14(9-18(17)22)12-29-16-5-1-13(2-6-16)10-27-28-19-8-4-15(11-26-19)20(23,24)25/h1-11H,12H2,(H,26,28)/b27-10-. The predicted octanol–water partition coefficient (Wildman–Crippen LogP) is 6.43. The smallest absolute Gasteiger partial charge is 0.417 e. The summed E-state index contributed by atoms with van der Waals surface area (Å²) < 4.78 is 43.2. The molecule has 150 valence electrons. The van der Waals surface area contributed by atoms with Crippen LogP contribution in [-0.2, 0) is 12.8 Å². The fraction of sp³-hybridized carbons (Fsp3) is 0.100. The molecule has 3 aromatic rings. The van der Waals surface area contributed by atoms with Gasteiger partial charge in [0, 0.05) is 6.20 Å². The SMILES string of the molecule is FC(F)(F)c1ccc(N/N=C\c2ccc(OCc3ccc(Cl)c(Cl)c3)cc2)nc1. The Labute approximate surface area is 174 Å². The zero-order valence-electron chi connectivity index (χ0n) is 14.8. The Kier molecular flexibility index (Phi) is 6.61. The van der Waals surface area contributed by atoms with Gasteiger partial charge in [0.1, 0.15) is 18.2 Å². The topological polar surface area (TPSA) is 46.5 Å². The van der Waals surface area contributed by atoms with Crippen molar-refractivity contribution < 1.29 is 17.9 Å². The number of halogens is 5. The van der Waals surface area contributed by atoms with E-state index < -0.39 is 11.7 Å². The molecule has 1 N–H and O–H groups in total. The fourth-order valence-corrected chi connectivity index (χ4v) is 2.57. The van der Waals surface area contributed by atoms with Crippen molar-refractivity contribution in [3.05, 3.63) is 87.5 Å². The van der Waals surface area contributed by atoms with Crippen molar-refractivity contribution in [2.45, 2.75) is 12.8 Å². The first kappa shape index (κ1) is 21.0. The summed E-state index contributed by atoms with van der Waals surface area (Å²) in [5.74, 6) is 0.862. The van der Waals surface area contributed by atoms with E-state index in [2.05, 4.69) is 15.5 Å². The second kappa shape index (κ2) is 9.15. The van der Waals surface area contributed by atoms with Gasteiger partial charge in [-0.05, 0) is 59.7 Å². The lowest BCUT2D eigenvalue weighted by Gasteiger charge is -2.07. The van der Waals surface area contributed by atoms with Gasteiger partial charge in [0.25, 0.3) is 0 Å². The van der Waals surface area contributed by atoms with E-state index in [4.69, 9.17) is 27.9 Å². The summed E-state index contributed by atoms with van der Waals surface area (Å²) in [5.41, 5.74) is 3.42. The van der Waals surface area contributed by atoms with Gasteiger partial charge in [0.15, 0.2) is 0 Å². The molecule has 1 aromatic heterocycles. The van der Waals surface area contributed by atoms with Crippen LogP contribution in [0.25, 0.3) is 0 Å². The first-order valence-corrected chi connectivity index (χ1v) is 9.06. The summed E-state index contributed by atoms with van der Waals surface area (Å²) in [4.78, 5) is 3.67. The van der Waals surface area contributed by atoms with Crippen LogP contribution < -0.4 is 10.2 Å². The molecule has 0 aliphatic heterocycles. The summed E-state index contributed by atoms with van der Waals surface area (Å²) in [6.07, 6.45) is -2.15. The Morgan fingerprint density at radius 3 is 2.38 bits per heavy atom. The van der Waals surface area contributed by atoms with Gasteiger partial charge in [-0.15, -0.1) is 0 Å². The number of anilines is 1. The number of alkyl halides is 3. The van der Waals surface area contributed by atoms with E-state index in [-0.39, 0.29) is 5.82 Å². The molecule has 29 heavy (non-hydrogen) atoms. The summed E-state index contributed by atoms with van der Waals surface area (Å²) in [6, 6.07) is 14.5. The first-order valence-electron chi connectivity index (χ1n) is 8.30. The van der Waals surface area contributed by atoms with Crippen molar-refractivity contribution in [2.24, 2.45) is 5.10 Å². The van der Waals surface area contributed by atoms with E-state index in [0.29, 0.717) is 22.4 Å². The molecule has 0 fully saturated rings. The Morgan fingerprint density at radius 2 is 1.76 bits per heavy atom. The van der Waals surface area contributed by atoms with E-state index >= 15 is 0 Å². The van der Waals surface area contributed by atoms with Gasteiger partial charge in [-0.1, -0.05) is 29.3 Å². The number of benzene rings is 2. The van der Waals surface area contributed by atoms with Crippen LogP contribution >= 0.6 is 23.2 Å². The second-order valence-electron chi connectivity index (χ2n) is 5.91. The third-order valence-electron chi connectivity index (χ3n) is 3.75. The van der Waals surface area contributed by atoms with Crippen LogP contribution in [0.5, 0.6) is 5.75 Å². The summed E-state index contributed by atoms with van der Waals surface area (Å²) in [5, 5.41) is 4.91. The second-order valence-corrected chi connectivity index (χ2v) is 6.72. The van der Waals surface area contributed by atoms with Crippen LogP contribution in [0, 0.1) is 0 Å². The maximum absolute atomic E-state index is 12.5. The number of hydrogen-bond donors (Lipinski definition) is 1. The highest BCUT2D eigenvalue weighted by molar-refractivity contribution is 6.42. The van der Waals surface area contributed by atoms with Gasteiger partial charge in [0.2, 0.25) is 0 Å². The lowest BCUT2D eigenvalue weighted by Crippen LogP contribution is -2.05. The Hall–Kier alpha value is -2.77. The van der Waals surface area contributed by atoms with Crippen molar-refractivity contribution in [3.63, 3.8) is 0 Å². The van der Waals surface area contributed by atoms with E-state index in [1.54, 1.807) is 36.4 Å². The highest BCUT2D eigenvalue weighted by atomic mass is 35.5. The third kappa shape index (κ3) is 6.10. The number of pyridine rings is 1. The zero-order valence-corrected chi connectivity index (χ0v) is 16.3. The van der Waals surface area contributed by atoms with Crippen molar-refractivity contribution >= 4 is 35.2 Å². The molecule has 0 aliphatic carbocycles. The summed E-state index contributed by atoms with van der Waals surface area (Å²) >= 11 is 11.9. The van der Waals surface area contributed by atoms with Crippen LogP contribution in [0.1, 0.15) is 16.7 Å². The number of hydrazone groups is 1. The molecular weight excluding hydrogens is 426 g/mol. The molecule has 0 amide bonds. The lowest BCUT2D eigenvalue weighted by atomic mass is 10.2. The maximum atomic E-state index is 12.5. The van der Waals surface area contributed by atoms with E-state index in [1.165, 1.54) is 12.3 Å². The normalized spacial score (nSPS) is 11.6. The van der Waals surface area contributed by atoms with Crippen molar-refractivity contribution in [1.29, 1.82) is 0 Å². The number of nitrogens with zero attached hydrogens (tertiary/aromatic N) is 2. The summed E-state index contributed by atoms with van der Waals surface area (Å²) in [7, 11) is 0. The third-order valence-corrected chi connectivity index (χ3v) is 4.49. The minimum atomic E-state index is -4.42. The van der Waals surface area contributed by atoms with Crippen LogP contribution in [0.2, 0.25) is 10.0 Å². The molecule has 9 heteroatoms. The average molecular weight is 440 g/mol. The Morgan fingerprint density at radius 1 is 1.00 bits per heavy atom. The zero-order chi connectivity index (χ0) is 20.9. The lowest BCUT2D eigenvalue weighted by molar-refractivity contribution is -0.137. The molecule has 0 radical (unpaired) electrons. The van der Waals surface area contributed by atoms with Gasteiger partial charge >= 0.3 is 6.18 Å². The van der Waals surface area contributed by atoms with Crippen molar-refractivity contribution in [3.8, 4) is 5.75 Å². The molecule has 0 saturated carbocycles. The molecule has 0 aliphatic rings. The average Bonchev–Trinajstić information content (AvgIpc) is 2.70. The monoisotopic (exact) mass is 439 g/mol. The van der Waals surface area contributed by atoms with Gasteiger partial charge < -0.3 is 4.74 Å². The molecular formula is C20H14Cl2F3N3O. The van der Waals surface area contributed by atoms with Crippen LogP contribution in [0.3, 0.4) is 0 Å². The van der Waals surface area contributed by atoms with Gasteiger partial charge in [-0.25, -0.2) is 4.98 Å². The molecule has 0 spiro atoms. The van der Waals surface area contributed by atoms with Crippen molar-refractivity contribution in [2.75, 3.05) is 5.43 Å². The van der Waals surface area contributed by atoms with E-state index in [0.717, 1.165) is 23.4 Å². The molecule has 0 saturated heterocycles. The highest BCUT2D eigenvalue weighted by Gasteiger charge is 2.30. The van der Waals surface area contributed by atoms with E-state index in [9.17, 15) is 13.2 Å². The van der Waals surface area contributed by atoms with Crippen LogP contribution in [0.4, 0.5) is 19.0 Å². The highest BCUT2D eigenvalue weighted by Crippen LogP contribution is 2.28. The number of aromatic nitrogens is 1. The van der Waals surface area contributed by atoms with Gasteiger partial charge in [-0.3, -0.25) is 5.43 Å². The Balaban J connectivity index is 1.52. The number of rotatable bonds is 6. The van der Waals surface area contributed by atoms with Gasteiger partial charge in [0.05, 0.1) is 21.8 Å². The number of nitrogens with one attached hydrogen (secondary N) is 1. The maximum Gasteiger partial charge on any atom is 0.417 e. The van der Waals surface area contributed by atoms with Crippen molar-refractivity contribution in [1.82, 2.24) is 4.98 Å². The molecule has 0 bridgehead atoms. The summed E-state index contributed by atoms with van der Waals surface area (Å²) in [6.45, 7) is 0.339. The molecule has 0 atom stereocenters. The molecule has 3 rings (SSSR count). The minimum Gasteiger partial charge on any atom is -0.489 e. The number of hydrogen-bond acceptors (Lipinski definition) is 4. The quantitative estimate of drug-likeness (QED) is 0.355. The molecule has 1 heterocycles. The van der Waals surface area contributed by atoms with Crippen LogP contribution in [-0.4, -0.2) is 11.2 Å². The fourth-order valence-electron chi connectivity index (χ4n) is 2.25. The first-order chi connectivity index (χ1) is 13.8. The molecule has 4 nitrogen and oxygen atoms in total. The molecule has 2 aromatic carbocycles. The van der Waals surface area contributed by atoms with E-state index in [1.807, 2.05) is 6.07 Å². The van der Waals surface area contributed by atoms with Crippen LogP contribution in [0.15, 0.2) is 65.9 Å². The predicted molar refractivity (Wildman–Crippen MR) is 108 cm³/mol. The largest absolute Gasteiger partial charge is 0.489 e. The number of ether oxygens (including phenoxy) is 1. The Bertz CT molecular complexity index is 991.